The standard InChI is InChI=1S/C13H18O5/c1-8-10(18-13(2,3)17-8)5-6-11-9(14)4-7-12(15)16-11/h4-11,14H,1-3H3/b6-5+/t8-,9-,10-,11-/m0/s1. The number of hydrogen-bond acceptors (Lipinski definition) is 5. The van der Waals surface area contributed by atoms with Gasteiger partial charge in [-0.2, -0.15) is 0 Å². The first kappa shape index (κ1) is 13.3. The summed E-state index contributed by atoms with van der Waals surface area (Å²) >= 11 is 0. The normalized spacial score (nSPS) is 39.2. The van der Waals surface area contributed by atoms with E-state index in [1.807, 2.05) is 20.8 Å². The third-order valence-corrected chi connectivity index (χ3v) is 2.86. The quantitative estimate of drug-likeness (QED) is 0.586. The fourth-order valence-electron chi connectivity index (χ4n) is 2.06. The summed E-state index contributed by atoms with van der Waals surface area (Å²) in [5.41, 5.74) is 0. The summed E-state index contributed by atoms with van der Waals surface area (Å²) in [6.45, 7) is 5.60. The van der Waals surface area contributed by atoms with Gasteiger partial charge in [0.25, 0.3) is 0 Å². The molecule has 0 aromatic rings. The average molecular weight is 254 g/mol. The maximum absolute atomic E-state index is 11.1. The second-order valence-electron chi connectivity index (χ2n) is 4.94. The molecule has 0 unspecified atom stereocenters. The highest BCUT2D eigenvalue weighted by atomic mass is 16.7. The first-order valence-electron chi connectivity index (χ1n) is 5.98. The molecule has 0 aromatic heterocycles. The van der Waals surface area contributed by atoms with Crippen LogP contribution in [-0.2, 0) is 19.0 Å². The highest BCUT2D eigenvalue weighted by Crippen LogP contribution is 2.28. The molecule has 2 rings (SSSR count). The number of aliphatic hydroxyl groups is 1. The van der Waals surface area contributed by atoms with E-state index in [1.165, 1.54) is 12.2 Å². The van der Waals surface area contributed by atoms with Crippen LogP contribution in [0.2, 0.25) is 0 Å². The van der Waals surface area contributed by atoms with E-state index in [4.69, 9.17) is 14.2 Å². The SMILES string of the molecule is C[C@@H]1OC(C)(C)O[C@H]1/C=C/[C@@H]1OC(=O)C=C[C@@H]1O. The van der Waals surface area contributed by atoms with Crippen molar-refractivity contribution in [3.8, 4) is 0 Å². The van der Waals surface area contributed by atoms with Gasteiger partial charge < -0.3 is 19.3 Å². The van der Waals surface area contributed by atoms with Crippen molar-refractivity contribution in [2.75, 3.05) is 0 Å². The summed E-state index contributed by atoms with van der Waals surface area (Å²) in [5, 5.41) is 9.64. The molecule has 0 amide bonds. The number of ether oxygens (including phenoxy) is 3. The van der Waals surface area contributed by atoms with Crippen LogP contribution in [0.25, 0.3) is 0 Å². The van der Waals surface area contributed by atoms with Gasteiger partial charge >= 0.3 is 5.97 Å². The van der Waals surface area contributed by atoms with Crippen LogP contribution in [-0.4, -0.2) is 41.3 Å². The second-order valence-corrected chi connectivity index (χ2v) is 4.94. The van der Waals surface area contributed by atoms with Crippen LogP contribution in [0.3, 0.4) is 0 Å². The van der Waals surface area contributed by atoms with Crippen LogP contribution in [0.4, 0.5) is 0 Å². The molecule has 1 saturated heterocycles. The largest absolute Gasteiger partial charge is 0.452 e. The zero-order valence-corrected chi connectivity index (χ0v) is 10.7. The van der Waals surface area contributed by atoms with E-state index in [1.54, 1.807) is 12.2 Å². The maximum atomic E-state index is 11.1. The summed E-state index contributed by atoms with van der Waals surface area (Å²) in [5.74, 6) is -1.07. The summed E-state index contributed by atoms with van der Waals surface area (Å²) in [4.78, 5) is 11.1. The third kappa shape index (κ3) is 2.98. The van der Waals surface area contributed by atoms with Crippen molar-refractivity contribution in [1.82, 2.24) is 0 Å². The fourth-order valence-corrected chi connectivity index (χ4v) is 2.06. The Labute approximate surface area is 106 Å². The van der Waals surface area contributed by atoms with E-state index >= 15 is 0 Å². The Kier molecular flexibility index (Phi) is 3.56. The molecule has 4 atom stereocenters. The van der Waals surface area contributed by atoms with Gasteiger partial charge in [0.2, 0.25) is 0 Å². The Hall–Kier alpha value is -1.17. The number of aliphatic hydroxyl groups excluding tert-OH is 1. The van der Waals surface area contributed by atoms with Crippen molar-refractivity contribution in [1.29, 1.82) is 0 Å². The predicted octanol–water partition coefficient (Wildman–Crippen LogP) is 0.925. The Bertz CT molecular complexity index is 385. The van der Waals surface area contributed by atoms with Crippen molar-refractivity contribution in [3.05, 3.63) is 24.3 Å². The average Bonchev–Trinajstić information content (AvgIpc) is 2.53. The van der Waals surface area contributed by atoms with E-state index in [9.17, 15) is 9.90 Å². The zero-order valence-electron chi connectivity index (χ0n) is 10.7. The molecule has 2 heterocycles. The minimum absolute atomic E-state index is 0.0803. The molecule has 18 heavy (non-hydrogen) atoms. The molecule has 0 bridgehead atoms. The maximum Gasteiger partial charge on any atom is 0.331 e. The molecule has 1 fully saturated rings. The predicted molar refractivity (Wildman–Crippen MR) is 63.7 cm³/mol. The van der Waals surface area contributed by atoms with Crippen LogP contribution in [0, 0.1) is 0 Å². The van der Waals surface area contributed by atoms with Gasteiger partial charge in [0.05, 0.1) is 6.10 Å². The number of hydrogen-bond donors (Lipinski definition) is 1. The second kappa shape index (κ2) is 4.84. The van der Waals surface area contributed by atoms with Crippen LogP contribution in [0.5, 0.6) is 0 Å². The molecule has 1 N–H and O–H groups in total. The highest BCUT2D eigenvalue weighted by molar-refractivity contribution is 5.83. The number of cyclic esters (lactones) is 1. The van der Waals surface area contributed by atoms with Crippen molar-refractivity contribution < 1.29 is 24.1 Å². The Morgan fingerprint density at radius 1 is 1.28 bits per heavy atom. The molecule has 0 aromatic carbocycles. The van der Waals surface area contributed by atoms with Crippen LogP contribution in [0.15, 0.2) is 24.3 Å². The van der Waals surface area contributed by atoms with Crippen molar-refractivity contribution in [2.24, 2.45) is 0 Å². The number of carbonyl (C=O) groups excluding carboxylic acids is 1. The molecule has 0 spiro atoms. The lowest BCUT2D eigenvalue weighted by atomic mass is 10.1. The summed E-state index contributed by atoms with van der Waals surface area (Å²) in [6.07, 6.45) is 4.26. The highest BCUT2D eigenvalue weighted by Gasteiger charge is 2.37. The van der Waals surface area contributed by atoms with E-state index < -0.39 is 24.0 Å². The zero-order chi connectivity index (χ0) is 13.3. The molecule has 5 heteroatoms. The topological polar surface area (TPSA) is 65.0 Å². The number of carbonyl (C=O) groups is 1. The van der Waals surface area contributed by atoms with Gasteiger partial charge in [-0.15, -0.1) is 0 Å². The van der Waals surface area contributed by atoms with Crippen LogP contribution < -0.4 is 0 Å². The Morgan fingerprint density at radius 3 is 2.56 bits per heavy atom. The molecule has 0 radical (unpaired) electrons. The van der Waals surface area contributed by atoms with Crippen molar-refractivity contribution in [2.45, 2.75) is 51.0 Å². The van der Waals surface area contributed by atoms with Gasteiger partial charge in [-0.25, -0.2) is 4.79 Å². The summed E-state index contributed by atoms with van der Waals surface area (Å²) in [6, 6.07) is 0. The number of esters is 1. The summed E-state index contributed by atoms with van der Waals surface area (Å²) < 4.78 is 16.2. The molecule has 0 aliphatic carbocycles. The molecule has 0 saturated carbocycles. The van der Waals surface area contributed by atoms with Crippen molar-refractivity contribution >= 4 is 5.97 Å². The van der Waals surface area contributed by atoms with Crippen LogP contribution in [0.1, 0.15) is 20.8 Å². The Morgan fingerprint density at radius 2 is 1.94 bits per heavy atom. The molecule has 2 aliphatic rings. The van der Waals surface area contributed by atoms with Gasteiger partial charge in [0.15, 0.2) is 5.79 Å². The first-order valence-corrected chi connectivity index (χ1v) is 5.98. The van der Waals surface area contributed by atoms with Gasteiger partial charge in [0.1, 0.15) is 18.3 Å². The Balaban J connectivity index is 1.99. The lowest BCUT2D eigenvalue weighted by Crippen LogP contribution is -2.31. The molecular formula is C13H18O5. The van der Waals surface area contributed by atoms with E-state index in [0.29, 0.717) is 0 Å². The van der Waals surface area contributed by atoms with Gasteiger partial charge in [-0.1, -0.05) is 6.08 Å². The minimum atomic E-state index is -0.815. The van der Waals surface area contributed by atoms with Crippen molar-refractivity contribution in [3.63, 3.8) is 0 Å². The number of rotatable bonds is 2. The fraction of sp³-hybridized carbons (Fsp3) is 0.615. The van der Waals surface area contributed by atoms with E-state index in [-0.39, 0.29) is 12.2 Å². The monoisotopic (exact) mass is 254 g/mol. The molecule has 5 nitrogen and oxygen atoms in total. The van der Waals surface area contributed by atoms with Gasteiger partial charge in [-0.3, -0.25) is 0 Å². The molecule has 100 valence electrons. The van der Waals surface area contributed by atoms with Crippen LogP contribution >= 0.6 is 0 Å². The third-order valence-electron chi connectivity index (χ3n) is 2.86. The minimum Gasteiger partial charge on any atom is -0.452 e. The first-order chi connectivity index (χ1) is 8.37. The van der Waals surface area contributed by atoms with Gasteiger partial charge in [-0.05, 0) is 32.9 Å². The van der Waals surface area contributed by atoms with Gasteiger partial charge in [0, 0.05) is 6.08 Å². The molecular weight excluding hydrogens is 236 g/mol. The summed E-state index contributed by atoms with van der Waals surface area (Å²) in [7, 11) is 0. The lowest BCUT2D eigenvalue weighted by molar-refractivity contribution is -0.146. The van der Waals surface area contributed by atoms with E-state index in [2.05, 4.69) is 0 Å². The lowest BCUT2D eigenvalue weighted by Gasteiger charge is -2.21. The van der Waals surface area contributed by atoms with E-state index in [0.717, 1.165) is 0 Å². The molecule has 2 aliphatic heterocycles. The smallest absolute Gasteiger partial charge is 0.331 e.